The van der Waals surface area contributed by atoms with Crippen LogP contribution in [0.15, 0.2) is 48.7 Å². The third-order valence-electron chi connectivity index (χ3n) is 2.64. The fourth-order valence-corrected chi connectivity index (χ4v) is 1.63. The lowest BCUT2D eigenvalue weighted by molar-refractivity contribution is 0.294. The average molecular weight is 227 g/mol. The lowest BCUT2D eigenvalue weighted by Crippen LogP contribution is -1.98. The molecule has 0 unspecified atom stereocenters. The van der Waals surface area contributed by atoms with E-state index in [1.807, 2.05) is 18.2 Å². The molecule has 88 valence electrons. The number of rotatable bonds is 4. The molecule has 0 radical (unpaired) electrons. The Kier molecular flexibility index (Phi) is 3.76. The molecular formula is C15H17NO. The number of aromatic nitrogens is 1. The van der Waals surface area contributed by atoms with Gasteiger partial charge in [-0.2, -0.15) is 0 Å². The van der Waals surface area contributed by atoms with Gasteiger partial charge in [-0.25, -0.2) is 4.98 Å². The highest BCUT2D eigenvalue weighted by atomic mass is 16.5. The predicted octanol–water partition coefficient (Wildman–Crippen LogP) is 3.78. The van der Waals surface area contributed by atoms with Crippen LogP contribution in [0.2, 0.25) is 0 Å². The van der Waals surface area contributed by atoms with E-state index in [0.29, 0.717) is 18.4 Å². The first-order chi connectivity index (χ1) is 8.25. The lowest BCUT2D eigenvalue weighted by Gasteiger charge is -2.09. The molecule has 0 aliphatic rings. The summed E-state index contributed by atoms with van der Waals surface area (Å²) in [7, 11) is 0. The highest BCUT2D eigenvalue weighted by Crippen LogP contribution is 2.16. The van der Waals surface area contributed by atoms with Gasteiger partial charge in [0, 0.05) is 12.3 Å². The van der Waals surface area contributed by atoms with Gasteiger partial charge in [-0.15, -0.1) is 0 Å². The van der Waals surface area contributed by atoms with Gasteiger partial charge in [0.2, 0.25) is 5.88 Å². The van der Waals surface area contributed by atoms with E-state index >= 15 is 0 Å². The Balaban J connectivity index is 2.02. The highest BCUT2D eigenvalue weighted by Gasteiger charge is 2.01. The maximum atomic E-state index is 5.62. The summed E-state index contributed by atoms with van der Waals surface area (Å²) in [4.78, 5) is 4.13. The van der Waals surface area contributed by atoms with E-state index in [4.69, 9.17) is 4.74 Å². The molecule has 0 aliphatic carbocycles. The lowest BCUT2D eigenvalue weighted by atomic mass is 10.0. The molecule has 1 aromatic heterocycles. The maximum absolute atomic E-state index is 5.62. The first-order valence-electron chi connectivity index (χ1n) is 5.88. The highest BCUT2D eigenvalue weighted by molar-refractivity contribution is 5.25. The molecule has 0 N–H and O–H groups in total. The van der Waals surface area contributed by atoms with Crippen LogP contribution in [0.5, 0.6) is 5.88 Å². The molecule has 0 saturated heterocycles. The Morgan fingerprint density at radius 1 is 1.12 bits per heavy atom. The fourth-order valence-electron chi connectivity index (χ4n) is 1.63. The molecule has 0 amide bonds. The average Bonchev–Trinajstić information content (AvgIpc) is 2.38. The summed E-state index contributed by atoms with van der Waals surface area (Å²) >= 11 is 0. The summed E-state index contributed by atoms with van der Waals surface area (Å²) in [5.74, 6) is 1.22. The third-order valence-corrected chi connectivity index (χ3v) is 2.64. The first kappa shape index (κ1) is 11.6. The van der Waals surface area contributed by atoms with Gasteiger partial charge < -0.3 is 4.74 Å². The third kappa shape index (κ3) is 3.31. The molecule has 0 spiro atoms. The van der Waals surface area contributed by atoms with Crippen molar-refractivity contribution >= 4 is 0 Å². The van der Waals surface area contributed by atoms with Gasteiger partial charge in [0.25, 0.3) is 0 Å². The maximum Gasteiger partial charge on any atom is 0.213 e. The van der Waals surface area contributed by atoms with Crippen LogP contribution >= 0.6 is 0 Å². The summed E-state index contributed by atoms with van der Waals surface area (Å²) in [6, 6.07) is 14.2. The zero-order valence-electron chi connectivity index (χ0n) is 10.3. The van der Waals surface area contributed by atoms with Gasteiger partial charge >= 0.3 is 0 Å². The van der Waals surface area contributed by atoms with Crippen LogP contribution in [0.3, 0.4) is 0 Å². The predicted molar refractivity (Wildman–Crippen MR) is 69.1 cm³/mol. The Bertz CT molecular complexity index is 465. The fraction of sp³-hybridized carbons (Fsp3) is 0.267. The van der Waals surface area contributed by atoms with Crippen LogP contribution in [-0.2, 0) is 6.61 Å². The molecule has 0 bridgehead atoms. The first-order valence-corrected chi connectivity index (χ1v) is 5.88. The van der Waals surface area contributed by atoms with E-state index in [9.17, 15) is 0 Å². The minimum Gasteiger partial charge on any atom is -0.473 e. The van der Waals surface area contributed by atoms with Crippen molar-refractivity contribution in [1.82, 2.24) is 4.98 Å². The van der Waals surface area contributed by atoms with Crippen molar-refractivity contribution in [3.05, 3.63) is 59.8 Å². The number of hydrogen-bond acceptors (Lipinski definition) is 2. The van der Waals surface area contributed by atoms with Crippen LogP contribution < -0.4 is 4.74 Å². The summed E-state index contributed by atoms with van der Waals surface area (Å²) in [5.41, 5.74) is 2.52. The van der Waals surface area contributed by atoms with E-state index in [1.54, 1.807) is 6.20 Å². The van der Waals surface area contributed by atoms with Crippen LogP contribution in [0.4, 0.5) is 0 Å². The smallest absolute Gasteiger partial charge is 0.213 e. The van der Waals surface area contributed by atoms with Crippen LogP contribution in [0.1, 0.15) is 30.9 Å². The van der Waals surface area contributed by atoms with Gasteiger partial charge in [0.05, 0.1) is 0 Å². The number of pyridine rings is 1. The number of nitrogens with zero attached hydrogens (tertiary/aromatic N) is 1. The second-order valence-corrected chi connectivity index (χ2v) is 4.36. The quantitative estimate of drug-likeness (QED) is 0.793. The standard InChI is InChI=1S/C15H17NO/c1-12(2)14-7-5-6-13(10-14)11-17-15-8-3-4-9-16-15/h3-10,12H,11H2,1-2H3. The Morgan fingerprint density at radius 2 is 2.00 bits per heavy atom. The number of benzene rings is 1. The van der Waals surface area contributed by atoms with E-state index in [-0.39, 0.29) is 0 Å². The molecule has 2 rings (SSSR count). The normalized spacial score (nSPS) is 10.5. The summed E-state index contributed by atoms with van der Waals surface area (Å²) in [6.07, 6.45) is 1.74. The van der Waals surface area contributed by atoms with Crippen molar-refractivity contribution in [2.75, 3.05) is 0 Å². The molecule has 0 saturated carbocycles. The van der Waals surface area contributed by atoms with Crippen molar-refractivity contribution in [3.63, 3.8) is 0 Å². The molecule has 2 heteroatoms. The van der Waals surface area contributed by atoms with Crippen molar-refractivity contribution in [2.45, 2.75) is 26.4 Å². The van der Waals surface area contributed by atoms with Crippen LogP contribution in [0.25, 0.3) is 0 Å². The van der Waals surface area contributed by atoms with Gasteiger partial charge in [0.15, 0.2) is 0 Å². The van der Waals surface area contributed by atoms with E-state index in [1.165, 1.54) is 11.1 Å². The van der Waals surface area contributed by atoms with Gasteiger partial charge in [-0.3, -0.25) is 0 Å². The molecule has 1 aromatic carbocycles. The van der Waals surface area contributed by atoms with Crippen molar-refractivity contribution in [1.29, 1.82) is 0 Å². The SMILES string of the molecule is CC(C)c1cccc(COc2ccccn2)c1. The number of ether oxygens (including phenoxy) is 1. The second kappa shape index (κ2) is 5.48. The molecule has 2 nitrogen and oxygen atoms in total. The van der Waals surface area contributed by atoms with Gasteiger partial charge in [0.1, 0.15) is 6.61 Å². The van der Waals surface area contributed by atoms with E-state index in [0.717, 1.165) is 0 Å². The molecule has 0 aliphatic heterocycles. The summed E-state index contributed by atoms with van der Waals surface area (Å²) in [5, 5.41) is 0. The topological polar surface area (TPSA) is 22.1 Å². The molecule has 0 atom stereocenters. The minimum absolute atomic E-state index is 0.546. The monoisotopic (exact) mass is 227 g/mol. The van der Waals surface area contributed by atoms with Crippen molar-refractivity contribution in [3.8, 4) is 5.88 Å². The molecular weight excluding hydrogens is 210 g/mol. The van der Waals surface area contributed by atoms with E-state index in [2.05, 4.69) is 43.1 Å². The zero-order chi connectivity index (χ0) is 12.1. The largest absolute Gasteiger partial charge is 0.473 e. The van der Waals surface area contributed by atoms with Crippen LogP contribution in [-0.4, -0.2) is 4.98 Å². The van der Waals surface area contributed by atoms with Gasteiger partial charge in [-0.1, -0.05) is 44.2 Å². The summed E-state index contributed by atoms with van der Waals surface area (Å²) in [6.45, 7) is 4.95. The number of hydrogen-bond donors (Lipinski definition) is 0. The minimum atomic E-state index is 0.546. The Labute approximate surface area is 102 Å². The van der Waals surface area contributed by atoms with E-state index < -0.39 is 0 Å². The Morgan fingerprint density at radius 3 is 2.71 bits per heavy atom. The molecule has 1 heterocycles. The van der Waals surface area contributed by atoms with Crippen LogP contribution in [0, 0.1) is 0 Å². The molecule has 2 aromatic rings. The van der Waals surface area contributed by atoms with Gasteiger partial charge in [-0.05, 0) is 23.1 Å². The second-order valence-electron chi connectivity index (χ2n) is 4.36. The molecule has 17 heavy (non-hydrogen) atoms. The van der Waals surface area contributed by atoms with Crippen molar-refractivity contribution < 1.29 is 4.74 Å². The zero-order valence-corrected chi connectivity index (χ0v) is 10.3. The summed E-state index contributed by atoms with van der Waals surface area (Å²) < 4.78 is 5.62. The Hall–Kier alpha value is -1.83. The van der Waals surface area contributed by atoms with Crippen molar-refractivity contribution in [2.24, 2.45) is 0 Å². The molecule has 0 fully saturated rings.